The second-order valence-corrected chi connectivity index (χ2v) is 7.71. The third-order valence-electron chi connectivity index (χ3n) is 4.68. The normalized spacial score (nSPS) is 11.1. The average molecular weight is 488 g/mol. The van der Waals surface area contributed by atoms with Crippen molar-refractivity contribution in [2.45, 2.75) is 13.1 Å². The Morgan fingerprint density at radius 2 is 1.87 bits per heavy atom. The minimum absolute atomic E-state index is 0.0122. The summed E-state index contributed by atoms with van der Waals surface area (Å²) < 4.78 is 30.2. The molecule has 10 heteroatoms. The number of amides is 1. The van der Waals surface area contributed by atoms with Crippen molar-refractivity contribution in [1.29, 1.82) is 0 Å². The van der Waals surface area contributed by atoms with E-state index in [4.69, 9.17) is 0 Å². The number of hydrogen-bond acceptors (Lipinski definition) is 4. The molecule has 0 fully saturated rings. The van der Waals surface area contributed by atoms with E-state index < -0.39 is 17.5 Å². The first-order valence-electron chi connectivity index (χ1n) is 9.31. The Labute approximate surface area is 183 Å². The number of aromatic nitrogens is 4. The molecule has 158 valence electrons. The van der Waals surface area contributed by atoms with Crippen LogP contribution in [-0.2, 0) is 13.1 Å². The number of carbonyl (C=O) groups excluding carboxylic acids is 1. The van der Waals surface area contributed by atoms with Crippen LogP contribution in [0.4, 0.5) is 8.78 Å². The lowest BCUT2D eigenvalue weighted by molar-refractivity contribution is 0.0951. The first-order chi connectivity index (χ1) is 14.9. The molecule has 7 nitrogen and oxygen atoms in total. The van der Waals surface area contributed by atoms with Gasteiger partial charge in [-0.05, 0) is 35.9 Å². The summed E-state index contributed by atoms with van der Waals surface area (Å²) in [5.74, 6) is -2.65. The fourth-order valence-corrected chi connectivity index (χ4v) is 3.34. The number of carbonyl (C=O) groups is 1. The molecular formula is C21H16BrF2N5O2. The van der Waals surface area contributed by atoms with E-state index in [1.54, 1.807) is 0 Å². The molecular weight excluding hydrogens is 472 g/mol. The molecule has 0 saturated heterocycles. The van der Waals surface area contributed by atoms with E-state index in [0.717, 1.165) is 22.2 Å². The maximum Gasteiger partial charge on any atom is 0.264 e. The van der Waals surface area contributed by atoms with Gasteiger partial charge in [0.25, 0.3) is 11.5 Å². The van der Waals surface area contributed by atoms with E-state index in [0.29, 0.717) is 17.6 Å². The summed E-state index contributed by atoms with van der Waals surface area (Å²) in [6, 6.07) is 10.6. The Balaban J connectivity index is 1.44. The summed E-state index contributed by atoms with van der Waals surface area (Å²) in [6.07, 6.45) is 2.91. The number of hydrogen-bond donors (Lipinski definition) is 1. The topological polar surface area (TPSA) is 81.8 Å². The third kappa shape index (κ3) is 4.53. The van der Waals surface area contributed by atoms with E-state index in [9.17, 15) is 18.4 Å². The smallest absolute Gasteiger partial charge is 0.264 e. The molecule has 1 amide bonds. The molecule has 0 aliphatic carbocycles. The van der Waals surface area contributed by atoms with Gasteiger partial charge in [-0.3, -0.25) is 14.2 Å². The van der Waals surface area contributed by atoms with Crippen LogP contribution in [0.25, 0.3) is 11.0 Å². The van der Waals surface area contributed by atoms with Gasteiger partial charge in [0, 0.05) is 16.6 Å². The van der Waals surface area contributed by atoms with Crippen molar-refractivity contribution in [3.8, 4) is 0 Å². The van der Waals surface area contributed by atoms with Gasteiger partial charge >= 0.3 is 0 Å². The van der Waals surface area contributed by atoms with Gasteiger partial charge in [0.1, 0.15) is 11.7 Å². The zero-order valence-corrected chi connectivity index (χ0v) is 17.6. The molecule has 31 heavy (non-hydrogen) atoms. The first-order valence-corrected chi connectivity index (χ1v) is 10.1. The summed E-state index contributed by atoms with van der Waals surface area (Å²) in [5.41, 5.74) is 1.15. The van der Waals surface area contributed by atoms with Gasteiger partial charge in [0.2, 0.25) is 0 Å². The Bertz CT molecular complexity index is 1320. The number of fused-ring (bicyclic) bond motifs is 1. The molecule has 0 aliphatic heterocycles. The van der Waals surface area contributed by atoms with Crippen molar-refractivity contribution in [1.82, 2.24) is 24.6 Å². The molecule has 0 saturated carbocycles. The lowest BCUT2D eigenvalue weighted by Crippen LogP contribution is -2.28. The van der Waals surface area contributed by atoms with Crippen LogP contribution in [0.2, 0.25) is 0 Å². The number of benzene rings is 2. The minimum Gasteiger partial charge on any atom is -0.350 e. The van der Waals surface area contributed by atoms with Crippen molar-refractivity contribution < 1.29 is 13.6 Å². The van der Waals surface area contributed by atoms with Crippen LogP contribution < -0.4 is 10.9 Å². The SMILES string of the molecule is O=C(NCCn1ncc2c(=O)n(Cc3ccc(Br)cc3)cnc21)c1ccc(F)c(F)c1. The molecule has 0 bridgehead atoms. The lowest BCUT2D eigenvalue weighted by Gasteiger charge is -2.08. The summed E-state index contributed by atoms with van der Waals surface area (Å²) in [4.78, 5) is 29.2. The van der Waals surface area contributed by atoms with Crippen LogP contribution in [0.3, 0.4) is 0 Å². The van der Waals surface area contributed by atoms with Gasteiger partial charge in [-0.2, -0.15) is 5.10 Å². The molecule has 4 rings (SSSR count). The molecule has 2 aromatic carbocycles. The lowest BCUT2D eigenvalue weighted by atomic mass is 10.2. The Kier molecular flexibility index (Phi) is 5.90. The van der Waals surface area contributed by atoms with Crippen LogP contribution in [0.15, 0.2) is 64.3 Å². The van der Waals surface area contributed by atoms with Crippen LogP contribution in [-0.4, -0.2) is 31.8 Å². The third-order valence-corrected chi connectivity index (χ3v) is 5.21. The highest BCUT2D eigenvalue weighted by Crippen LogP contribution is 2.12. The molecule has 2 aromatic heterocycles. The molecule has 0 radical (unpaired) electrons. The van der Waals surface area contributed by atoms with Crippen LogP contribution in [0, 0.1) is 11.6 Å². The Hall–Kier alpha value is -3.40. The summed E-state index contributed by atoms with van der Waals surface area (Å²) in [6.45, 7) is 0.796. The molecule has 4 aromatic rings. The predicted octanol–water partition coefficient (Wildman–Crippen LogP) is 3.11. The molecule has 0 spiro atoms. The fraction of sp³-hybridized carbons (Fsp3) is 0.143. The van der Waals surface area contributed by atoms with E-state index in [2.05, 4.69) is 31.3 Å². The van der Waals surface area contributed by atoms with Gasteiger partial charge in [-0.25, -0.2) is 18.4 Å². The standard InChI is InChI=1S/C21H16BrF2N5O2/c22-15-4-1-13(2-5-15)11-28-12-26-19-16(21(28)31)10-27-29(19)8-7-25-20(30)14-3-6-17(23)18(24)9-14/h1-6,9-10,12H,7-8,11H2,(H,25,30). The molecule has 1 N–H and O–H groups in total. The minimum atomic E-state index is -1.09. The van der Waals surface area contributed by atoms with Crippen LogP contribution >= 0.6 is 15.9 Å². The number of nitrogens with zero attached hydrogens (tertiary/aromatic N) is 4. The van der Waals surface area contributed by atoms with E-state index >= 15 is 0 Å². The second kappa shape index (κ2) is 8.76. The Morgan fingerprint density at radius 3 is 2.61 bits per heavy atom. The number of halogens is 3. The highest BCUT2D eigenvalue weighted by atomic mass is 79.9. The molecule has 0 unspecified atom stereocenters. The highest BCUT2D eigenvalue weighted by Gasteiger charge is 2.12. The van der Waals surface area contributed by atoms with Crippen molar-refractivity contribution >= 4 is 32.9 Å². The zero-order chi connectivity index (χ0) is 22.0. The van der Waals surface area contributed by atoms with Gasteiger partial charge in [-0.1, -0.05) is 28.1 Å². The van der Waals surface area contributed by atoms with E-state index in [-0.39, 0.29) is 24.2 Å². The highest BCUT2D eigenvalue weighted by molar-refractivity contribution is 9.10. The number of rotatable bonds is 6. The largest absolute Gasteiger partial charge is 0.350 e. The zero-order valence-electron chi connectivity index (χ0n) is 16.1. The van der Waals surface area contributed by atoms with Gasteiger partial charge in [0.05, 0.1) is 19.3 Å². The number of nitrogens with one attached hydrogen (secondary N) is 1. The maximum atomic E-state index is 13.3. The van der Waals surface area contributed by atoms with E-state index in [1.165, 1.54) is 27.8 Å². The van der Waals surface area contributed by atoms with E-state index in [1.807, 2.05) is 24.3 Å². The average Bonchev–Trinajstić information content (AvgIpc) is 3.17. The molecule has 0 atom stereocenters. The monoisotopic (exact) mass is 487 g/mol. The summed E-state index contributed by atoms with van der Waals surface area (Å²) in [7, 11) is 0. The van der Waals surface area contributed by atoms with Crippen molar-refractivity contribution in [3.05, 3.63) is 92.6 Å². The fourth-order valence-electron chi connectivity index (χ4n) is 3.08. The van der Waals surface area contributed by atoms with Gasteiger partial charge in [-0.15, -0.1) is 0 Å². The summed E-state index contributed by atoms with van der Waals surface area (Å²) in [5, 5.41) is 7.16. The molecule has 0 aliphatic rings. The summed E-state index contributed by atoms with van der Waals surface area (Å²) >= 11 is 3.38. The van der Waals surface area contributed by atoms with Gasteiger partial charge in [0.15, 0.2) is 17.3 Å². The van der Waals surface area contributed by atoms with Crippen LogP contribution in [0.5, 0.6) is 0 Å². The quantitative estimate of drug-likeness (QED) is 0.453. The van der Waals surface area contributed by atoms with Crippen LogP contribution in [0.1, 0.15) is 15.9 Å². The molecule has 2 heterocycles. The Morgan fingerprint density at radius 1 is 1.10 bits per heavy atom. The van der Waals surface area contributed by atoms with Crippen molar-refractivity contribution in [3.63, 3.8) is 0 Å². The maximum absolute atomic E-state index is 13.3. The predicted molar refractivity (Wildman–Crippen MR) is 114 cm³/mol. The second-order valence-electron chi connectivity index (χ2n) is 6.79. The van der Waals surface area contributed by atoms with Crippen molar-refractivity contribution in [2.24, 2.45) is 0 Å². The van der Waals surface area contributed by atoms with Gasteiger partial charge < -0.3 is 5.32 Å². The van der Waals surface area contributed by atoms with Crippen molar-refractivity contribution in [2.75, 3.05) is 6.54 Å². The first kappa shape index (κ1) is 20.9.